The molecule has 1 unspecified atom stereocenters. The summed E-state index contributed by atoms with van der Waals surface area (Å²) in [5.41, 5.74) is 5.33. The number of hydrogen-bond acceptors (Lipinski definition) is 3. The van der Waals surface area contributed by atoms with Gasteiger partial charge in [-0.1, -0.05) is 6.42 Å². The Morgan fingerprint density at radius 3 is 3.00 bits per heavy atom. The zero-order chi connectivity index (χ0) is 10.2. The summed E-state index contributed by atoms with van der Waals surface area (Å²) in [7, 11) is 0. The minimum atomic E-state index is 0.154. The van der Waals surface area contributed by atoms with Crippen molar-refractivity contribution in [3.05, 3.63) is 0 Å². The van der Waals surface area contributed by atoms with E-state index in [0.717, 1.165) is 13.0 Å². The molecule has 14 heavy (non-hydrogen) atoms. The van der Waals surface area contributed by atoms with Gasteiger partial charge >= 0.3 is 0 Å². The Hall–Kier alpha value is -0.220. The van der Waals surface area contributed by atoms with E-state index in [2.05, 4.69) is 5.32 Å². The van der Waals surface area contributed by atoms with Gasteiger partial charge in [0.25, 0.3) is 0 Å². The molecule has 0 saturated carbocycles. The first kappa shape index (κ1) is 11.9. The van der Waals surface area contributed by atoms with E-state index in [1.165, 1.54) is 25.0 Å². The van der Waals surface area contributed by atoms with Crippen LogP contribution in [0.15, 0.2) is 0 Å². The molecule has 1 aliphatic heterocycles. The normalized spacial score (nSPS) is 21.9. The van der Waals surface area contributed by atoms with Crippen molar-refractivity contribution < 1.29 is 4.79 Å². The molecular weight excluding hydrogens is 196 g/mol. The van der Waals surface area contributed by atoms with Gasteiger partial charge in [0.1, 0.15) is 0 Å². The predicted molar refractivity (Wildman–Crippen MR) is 61.4 cm³/mol. The molecule has 0 aromatic heterocycles. The van der Waals surface area contributed by atoms with E-state index in [0.29, 0.717) is 18.2 Å². The molecule has 1 amide bonds. The number of hydrogen-bond donors (Lipinski definition) is 2. The fraction of sp³-hybridized carbons (Fsp3) is 0.900. The van der Waals surface area contributed by atoms with Crippen molar-refractivity contribution in [1.29, 1.82) is 0 Å². The average Bonchev–Trinajstić information content (AvgIpc) is 2.25. The topological polar surface area (TPSA) is 55.1 Å². The van der Waals surface area contributed by atoms with Gasteiger partial charge in [0.2, 0.25) is 5.91 Å². The van der Waals surface area contributed by atoms with Gasteiger partial charge in [-0.05, 0) is 31.6 Å². The van der Waals surface area contributed by atoms with Gasteiger partial charge < -0.3 is 11.1 Å². The van der Waals surface area contributed by atoms with E-state index in [9.17, 15) is 4.79 Å². The second kappa shape index (κ2) is 7.12. The number of nitrogens with one attached hydrogen (secondary N) is 1. The molecule has 1 rings (SSSR count). The summed E-state index contributed by atoms with van der Waals surface area (Å²) < 4.78 is 0. The zero-order valence-electron chi connectivity index (χ0n) is 8.63. The maximum absolute atomic E-state index is 11.3. The van der Waals surface area contributed by atoms with Crippen LogP contribution in [0.25, 0.3) is 0 Å². The summed E-state index contributed by atoms with van der Waals surface area (Å²) in [6, 6.07) is 0. The highest BCUT2D eigenvalue weighted by Crippen LogP contribution is 2.24. The molecule has 1 aliphatic rings. The second-order valence-electron chi connectivity index (χ2n) is 3.68. The van der Waals surface area contributed by atoms with Crippen LogP contribution in [0.2, 0.25) is 0 Å². The second-order valence-corrected chi connectivity index (χ2v) is 5.09. The van der Waals surface area contributed by atoms with Gasteiger partial charge in [-0.3, -0.25) is 4.79 Å². The van der Waals surface area contributed by atoms with Crippen LogP contribution in [0, 0.1) is 0 Å². The summed E-state index contributed by atoms with van der Waals surface area (Å²) in [4.78, 5) is 11.3. The van der Waals surface area contributed by atoms with E-state index in [-0.39, 0.29) is 5.91 Å². The Morgan fingerprint density at radius 1 is 1.50 bits per heavy atom. The highest BCUT2D eigenvalue weighted by atomic mass is 32.2. The monoisotopic (exact) mass is 216 g/mol. The summed E-state index contributed by atoms with van der Waals surface area (Å²) in [5, 5.41) is 3.62. The molecule has 82 valence electrons. The highest BCUT2D eigenvalue weighted by Gasteiger charge is 2.14. The lowest BCUT2D eigenvalue weighted by atomic mass is 10.2. The first-order valence-electron chi connectivity index (χ1n) is 5.41. The van der Waals surface area contributed by atoms with Crippen LogP contribution in [0.1, 0.15) is 32.1 Å². The molecule has 0 bridgehead atoms. The third-order valence-corrected chi connectivity index (χ3v) is 3.81. The van der Waals surface area contributed by atoms with E-state index >= 15 is 0 Å². The molecule has 1 heterocycles. The minimum Gasteiger partial charge on any atom is -0.355 e. The number of carbonyl (C=O) groups is 1. The summed E-state index contributed by atoms with van der Waals surface area (Å²) in [6.45, 7) is 1.44. The van der Waals surface area contributed by atoms with Gasteiger partial charge in [0, 0.05) is 18.2 Å². The van der Waals surface area contributed by atoms with Crippen molar-refractivity contribution in [3.63, 3.8) is 0 Å². The first-order chi connectivity index (χ1) is 6.83. The van der Waals surface area contributed by atoms with Crippen molar-refractivity contribution in [3.8, 4) is 0 Å². The highest BCUT2D eigenvalue weighted by molar-refractivity contribution is 7.99. The fourth-order valence-electron chi connectivity index (χ4n) is 1.55. The number of amides is 1. The maximum atomic E-state index is 11.3. The molecule has 4 heteroatoms. The van der Waals surface area contributed by atoms with Gasteiger partial charge in [-0.2, -0.15) is 11.8 Å². The maximum Gasteiger partial charge on any atom is 0.220 e. The van der Waals surface area contributed by atoms with Crippen molar-refractivity contribution in [2.24, 2.45) is 5.73 Å². The van der Waals surface area contributed by atoms with Crippen molar-refractivity contribution in [1.82, 2.24) is 5.32 Å². The summed E-state index contributed by atoms with van der Waals surface area (Å²) in [6.07, 6.45) is 5.28. The molecule has 0 aromatic carbocycles. The van der Waals surface area contributed by atoms with Gasteiger partial charge in [0.05, 0.1) is 0 Å². The molecular formula is C10H20N2OS. The van der Waals surface area contributed by atoms with Crippen LogP contribution in [-0.2, 0) is 4.79 Å². The third-order valence-electron chi connectivity index (χ3n) is 2.41. The zero-order valence-corrected chi connectivity index (χ0v) is 9.44. The molecule has 3 nitrogen and oxygen atoms in total. The standard InChI is InChI=1S/C10H20N2OS/c11-6-3-5-10(13)12-8-9-4-1-2-7-14-9/h9H,1-8,11H2,(H,12,13). The number of nitrogens with two attached hydrogens (primary N) is 1. The van der Waals surface area contributed by atoms with Crippen LogP contribution in [0.4, 0.5) is 0 Å². The number of carbonyl (C=O) groups excluding carboxylic acids is 1. The molecule has 1 atom stereocenters. The molecule has 0 radical (unpaired) electrons. The molecule has 3 N–H and O–H groups in total. The van der Waals surface area contributed by atoms with Crippen molar-refractivity contribution in [2.45, 2.75) is 37.4 Å². The predicted octanol–water partition coefficient (Wildman–Crippen LogP) is 1.13. The van der Waals surface area contributed by atoms with Crippen LogP contribution in [0.5, 0.6) is 0 Å². The quantitative estimate of drug-likeness (QED) is 0.724. The summed E-state index contributed by atoms with van der Waals surface area (Å²) >= 11 is 1.99. The Morgan fingerprint density at radius 2 is 2.36 bits per heavy atom. The van der Waals surface area contributed by atoms with E-state index in [1.54, 1.807) is 0 Å². The number of rotatable bonds is 5. The first-order valence-corrected chi connectivity index (χ1v) is 6.46. The Balaban J connectivity index is 2.03. The van der Waals surface area contributed by atoms with Crippen LogP contribution in [-0.4, -0.2) is 30.0 Å². The molecule has 0 aromatic rings. The molecule has 0 spiro atoms. The van der Waals surface area contributed by atoms with Crippen molar-refractivity contribution >= 4 is 17.7 Å². The number of thioether (sulfide) groups is 1. The van der Waals surface area contributed by atoms with E-state index in [1.807, 2.05) is 11.8 Å². The Labute approximate surface area is 90.2 Å². The molecule has 1 fully saturated rings. The average molecular weight is 216 g/mol. The Kier molecular flexibility index (Phi) is 6.03. The largest absolute Gasteiger partial charge is 0.355 e. The van der Waals surface area contributed by atoms with Crippen molar-refractivity contribution in [2.75, 3.05) is 18.8 Å². The van der Waals surface area contributed by atoms with Crippen LogP contribution >= 0.6 is 11.8 Å². The smallest absolute Gasteiger partial charge is 0.220 e. The Bertz CT molecular complexity index is 170. The lowest BCUT2D eigenvalue weighted by Gasteiger charge is -2.21. The van der Waals surface area contributed by atoms with Crippen LogP contribution < -0.4 is 11.1 Å². The van der Waals surface area contributed by atoms with Gasteiger partial charge in [-0.15, -0.1) is 0 Å². The third kappa shape index (κ3) is 4.86. The molecule has 1 saturated heterocycles. The lowest BCUT2D eigenvalue weighted by Crippen LogP contribution is -2.32. The summed E-state index contributed by atoms with van der Waals surface area (Å²) in [5.74, 6) is 1.41. The van der Waals surface area contributed by atoms with E-state index < -0.39 is 0 Å². The fourth-order valence-corrected chi connectivity index (χ4v) is 2.79. The van der Waals surface area contributed by atoms with E-state index in [4.69, 9.17) is 5.73 Å². The molecule has 0 aliphatic carbocycles. The van der Waals surface area contributed by atoms with Gasteiger partial charge in [0.15, 0.2) is 0 Å². The lowest BCUT2D eigenvalue weighted by molar-refractivity contribution is -0.121. The SMILES string of the molecule is NCCCC(=O)NCC1CCCCS1. The minimum absolute atomic E-state index is 0.154. The van der Waals surface area contributed by atoms with Crippen LogP contribution in [0.3, 0.4) is 0 Å². The van der Waals surface area contributed by atoms with Gasteiger partial charge in [-0.25, -0.2) is 0 Å².